The lowest BCUT2D eigenvalue weighted by Gasteiger charge is -2.38. The lowest BCUT2D eigenvalue weighted by atomic mass is 10.0. The van der Waals surface area contributed by atoms with Crippen molar-refractivity contribution in [3.63, 3.8) is 0 Å². The maximum atomic E-state index is 12.4. The number of nitrogens with zero attached hydrogens (tertiary/aromatic N) is 3. The van der Waals surface area contributed by atoms with Gasteiger partial charge in [-0.3, -0.25) is 4.90 Å². The molecule has 5 nitrogen and oxygen atoms in total. The Kier molecular flexibility index (Phi) is 5.93. The van der Waals surface area contributed by atoms with Gasteiger partial charge in [-0.05, 0) is 39.7 Å². The molecule has 0 N–H and O–H groups in total. The summed E-state index contributed by atoms with van der Waals surface area (Å²) in [6.45, 7) is 3.02. The zero-order valence-electron chi connectivity index (χ0n) is 13.9. The third-order valence-corrected chi connectivity index (χ3v) is 5.15. The van der Waals surface area contributed by atoms with Crippen molar-refractivity contribution in [3.8, 4) is 0 Å². The predicted octanol–water partition coefficient (Wildman–Crippen LogP) is 3.53. The minimum atomic E-state index is -0.487. The number of halogens is 2. The van der Waals surface area contributed by atoms with Gasteiger partial charge in [-0.1, -0.05) is 29.8 Å². The van der Waals surface area contributed by atoms with Crippen molar-refractivity contribution in [1.82, 2.24) is 9.88 Å². The van der Waals surface area contributed by atoms with Gasteiger partial charge in [0.2, 0.25) is 0 Å². The molecule has 0 radical (unpaired) electrons. The highest BCUT2D eigenvalue weighted by molar-refractivity contribution is 9.10. The van der Waals surface area contributed by atoms with E-state index in [-0.39, 0.29) is 5.97 Å². The number of pyridine rings is 1. The van der Waals surface area contributed by atoms with Crippen molar-refractivity contribution in [1.29, 1.82) is 0 Å². The molecule has 1 fully saturated rings. The van der Waals surface area contributed by atoms with Crippen LogP contribution in [0.4, 0.5) is 5.82 Å². The zero-order valence-corrected chi connectivity index (χ0v) is 16.2. The Labute approximate surface area is 160 Å². The van der Waals surface area contributed by atoms with Gasteiger partial charge in [-0.25, -0.2) is 9.78 Å². The molecule has 1 aromatic heterocycles. The number of ether oxygens (including phenoxy) is 1. The average molecular weight is 425 g/mol. The molecule has 1 aliphatic heterocycles. The van der Waals surface area contributed by atoms with Crippen molar-refractivity contribution in [2.75, 3.05) is 38.2 Å². The van der Waals surface area contributed by atoms with Crippen LogP contribution in [-0.2, 0) is 9.53 Å². The molecule has 3 rings (SSSR count). The van der Waals surface area contributed by atoms with Crippen LogP contribution in [0.25, 0.3) is 0 Å². The smallest absolute Gasteiger partial charge is 0.327 e. The molecule has 0 saturated carbocycles. The summed E-state index contributed by atoms with van der Waals surface area (Å²) in [4.78, 5) is 21.2. The van der Waals surface area contributed by atoms with E-state index in [9.17, 15) is 4.79 Å². The maximum absolute atomic E-state index is 12.4. The first-order valence-corrected chi connectivity index (χ1v) is 9.20. The highest BCUT2D eigenvalue weighted by Gasteiger charge is 2.32. The van der Waals surface area contributed by atoms with E-state index in [1.807, 2.05) is 30.3 Å². The Hall–Kier alpha value is -1.63. The van der Waals surface area contributed by atoms with Crippen molar-refractivity contribution in [2.24, 2.45) is 0 Å². The van der Waals surface area contributed by atoms with Crippen LogP contribution >= 0.6 is 27.5 Å². The number of carbonyl (C=O) groups excluding carboxylic acids is 1. The highest BCUT2D eigenvalue weighted by Crippen LogP contribution is 2.30. The van der Waals surface area contributed by atoms with Crippen LogP contribution in [0.15, 0.2) is 47.1 Å². The quantitative estimate of drug-likeness (QED) is 0.703. The SMILES string of the molecule is COC(=O)C(c1ccccc1Cl)N1CCN(c2ccc(Br)cn2)CC1. The minimum absolute atomic E-state index is 0.289. The Morgan fingerprint density at radius 1 is 1.20 bits per heavy atom. The summed E-state index contributed by atoms with van der Waals surface area (Å²) in [5.41, 5.74) is 0.784. The van der Waals surface area contributed by atoms with Crippen molar-refractivity contribution >= 4 is 39.3 Å². The van der Waals surface area contributed by atoms with Crippen LogP contribution < -0.4 is 4.90 Å². The molecule has 0 bridgehead atoms. The fraction of sp³-hybridized carbons (Fsp3) is 0.333. The number of piperazine rings is 1. The van der Waals surface area contributed by atoms with Crippen LogP contribution in [0.2, 0.25) is 5.02 Å². The number of rotatable bonds is 4. The summed E-state index contributed by atoms with van der Waals surface area (Å²) in [7, 11) is 1.41. The minimum Gasteiger partial charge on any atom is -0.468 e. The van der Waals surface area contributed by atoms with Crippen LogP contribution in [0.1, 0.15) is 11.6 Å². The molecule has 7 heteroatoms. The number of benzene rings is 1. The normalized spacial score (nSPS) is 16.5. The molecular formula is C18H19BrClN3O2. The predicted molar refractivity (Wildman–Crippen MR) is 102 cm³/mol. The van der Waals surface area contributed by atoms with E-state index in [0.717, 1.165) is 42.0 Å². The Bertz CT molecular complexity index is 733. The van der Waals surface area contributed by atoms with Crippen molar-refractivity contribution < 1.29 is 9.53 Å². The zero-order chi connectivity index (χ0) is 17.8. The third kappa shape index (κ3) is 4.14. The van der Waals surface area contributed by atoms with Gasteiger partial charge in [0.25, 0.3) is 0 Å². The molecule has 0 amide bonds. The van der Waals surface area contributed by atoms with E-state index in [0.29, 0.717) is 5.02 Å². The van der Waals surface area contributed by atoms with Crippen LogP contribution in [0, 0.1) is 0 Å². The van der Waals surface area contributed by atoms with Gasteiger partial charge in [0.1, 0.15) is 11.9 Å². The fourth-order valence-electron chi connectivity index (χ4n) is 3.05. The number of hydrogen-bond donors (Lipinski definition) is 0. The first-order valence-electron chi connectivity index (χ1n) is 8.03. The second-order valence-corrected chi connectivity index (χ2v) is 7.13. The molecule has 1 aliphatic rings. The molecule has 1 unspecified atom stereocenters. The molecule has 1 aromatic carbocycles. The van der Waals surface area contributed by atoms with E-state index in [1.165, 1.54) is 7.11 Å². The van der Waals surface area contributed by atoms with Gasteiger partial charge in [0, 0.05) is 41.9 Å². The van der Waals surface area contributed by atoms with E-state index in [2.05, 4.69) is 30.7 Å². The summed E-state index contributed by atoms with van der Waals surface area (Å²) >= 11 is 9.72. The second-order valence-electron chi connectivity index (χ2n) is 5.80. The number of hydrogen-bond acceptors (Lipinski definition) is 5. The summed E-state index contributed by atoms with van der Waals surface area (Å²) in [5, 5.41) is 0.579. The molecule has 1 saturated heterocycles. The Balaban J connectivity index is 1.75. The first-order chi connectivity index (χ1) is 12.1. The van der Waals surface area contributed by atoms with Gasteiger partial charge < -0.3 is 9.64 Å². The molecule has 2 aromatic rings. The Morgan fingerprint density at radius 2 is 1.92 bits per heavy atom. The number of carbonyl (C=O) groups is 1. The van der Waals surface area contributed by atoms with Crippen LogP contribution in [0.3, 0.4) is 0 Å². The summed E-state index contributed by atoms with van der Waals surface area (Å²) in [6.07, 6.45) is 1.79. The van der Waals surface area contributed by atoms with Gasteiger partial charge in [0.15, 0.2) is 0 Å². The molecule has 1 atom stereocenters. The molecule has 0 aliphatic carbocycles. The third-order valence-electron chi connectivity index (χ3n) is 4.34. The number of aromatic nitrogens is 1. The average Bonchev–Trinajstić information content (AvgIpc) is 2.64. The molecule has 2 heterocycles. The maximum Gasteiger partial charge on any atom is 0.327 e. The number of anilines is 1. The molecule has 0 spiro atoms. The largest absolute Gasteiger partial charge is 0.468 e. The first kappa shape index (κ1) is 18.2. The van der Waals surface area contributed by atoms with E-state index in [1.54, 1.807) is 12.3 Å². The molecule has 132 valence electrons. The van der Waals surface area contributed by atoms with E-state index >= 15 is 0 Å². The standard InChI is InChI=1S/C18H19BrClN3O2/c1-25-18(24)17(14-4-2-3-5-15(14)20)23-10-8-22(9-11-23)16-7-6-13(19)12-21-16/h2-7,12,17H,8-11H2,1H3. The molecule has 25 heavy (non-hydrogen) atoms. The van der Waals surface area contributed by atoms with Gasteiger partial charge >= 0.3 is 5.97 Å². The number of methoxy groups -OCH3 is 1. The van der Waals surface area contributed by atoms with Crippen molar-refractivity contribution in [2.45, 2.75) is 6.04 Å². The topological polar surface area (TPSA) is 45.7 Å². The fourth-order valence-corrected chi connectivity index (χ4v) is 3.52. The monoisotopic (exact) mass is 423 g/mol. The molecular weight excluding hydrogens is 406 g/mol. The van der Waals surface area contributed by atoms with Crippen molar-refractivity contribution in [3.05, 3.63) is 57.7 Å². The Morgan fingerprint density at radius 3 is 2.52 bits per heavy atom. The second kappa shape index (κ2) is 8.17. The highest BCUT2D eigenvalue weighted by atomic mass is 79.9. The number of esters is 1. The van der Waals surface area contributed by atoms with Gasteiger partial charge in [0.05, 0.1) is 7.11 Å². The van der Waals surface area contributed by atoms with Gasteiger partial charge in [-0.2, -0.15) is 0 Å². The van der Waals surface area contributed by atoms with Gasteiger partial charge in [-0.15, -0.1) is 0 Å². The summed E-state index contributed by atoms with van der Waals surface area (Å²) < 4.78 is 5.99. The summed E-state index contributed by atoms with van der Waals surface area (Å²) in [5.74, 6) is 0.651. The lowest BCUT2D eigenvalue weighted by molar-refractivity contribution is -0.147. The summed E-state index contributed by atoms with van der Waals surface area (Å²) in [6, 6.07) is 10.9. The van der Waals surface area contributed by atoms with Crippen LogP contribution in [0.5, 0.6) is 0 Å². The lowest BCUT2D eigenvalue weighted by Crippen LogP contribution is -2.49. The van der Waals surface area contributed by atoms with E-state index in [4.69, 9.17) is 16.3 Å². The van der Waals surface area contributed by atoms with E-state index < -0.39 is 6.04 Å². The van der Waals surface area contributed by atoms with Crippen LogP contribution in [-0.4, -0.2) is 49.1 Å².